The van der Waals surface area contributed by atoms with E-state index in [0.717, 1.165) is 44.9 Å². The number of aliphatic hydroxyl groups excluding tert-OH is 2. The van der Waals surface area contributed by atoms with Crippen molar-refractivity contribution < 1.29 is 24.5 Å². The molecule has 1 amide bonds. The number of esters is 1. The molecule has 2 unspecified atom stereocenters. The lowest BCUT2D eigenvalue weighted by molar-refractivity contribution is -0.143. The molecule has 6 nitrogen and oxygen atoms in total. The standard InChI is InChI=1S/C87H167NO5/c1-3-5-7-9-11-13-15-17-19-21-44-47-51-55-59-63-67-71-75-79-85(90)84(83-89)88-86(91)80-76-72-68-64-60-56-52-48-45-42-40-38-36-34-32-30-28-26-24-23-25-27-29-31-33-35-37-39-41-43-46-50-54-58-62-66-70-74-78-82-93-87(92)81-77-73-69-65-61-57-53-49-22-20-18-16-14-12-10-8-6-4-2/h23-24,27,29,75,79,84-85,89-90H,3-22,25-26,28,30-74,76-78,80-83H2,1-2H3,(H,88,91)/b24-23-,29-27-,79-75+. The molecule has 0 radical (unpaired) electrons. The molecule has 0 rings (SSSR count). The number of hydrogen-bond acceptors (Lipinski definition) is 5. The molecule has 0 saturated carbocycles. The maximum Gasteiger partial charge on any atom is 0.305 e. The minimum absolute atomic E-state index is 0.0255. The van der Waals surface area contributed by atoms with E-state index in [1.807, 2.05) is 6.08 Å². The van der Waals surface area contributed by atoms with Gasteiger partial charge in [-0.15, -0.1) is 0 Å². The van der Waals surface area contributed by atoms with Crippen molar-refractivity contribution in [3.05, 3.63) is 36.5 Å². The first-order valence-electron chi connectivity index (χ1n) is 42.8. The van der Waals surface area contributed by atoms with Crippen LogP contribution in [0.25, 0.3) is 0 Å². The molecule has 93 heavy (non-hydrogen) atoms. The maximum atomic E-state index is 12.5. The molecule has 0 aromatic rings. The fraction of sp³-hybridized carbons (Fsp3) is 0.908. The summed E-state index contributed by atoms with van der Waals surface area (Å²) in [6, 6.07) is -0.627. The fourth-order valence-electron chi connectivity index (χ4n) is 13.7. The molecule has 3 N–H and O–H groups in total. The smallest absolute Gasteiger partial charge is 0.305 e. The quantitative estimate of drug-likeness (QED) is 0.0320. The zero-order chi connectivity index (χ0) is 67.0. The fourth-order valence-corrected chi connectivity index (χ4v) is 13.7. The van der Waals surface area contributed by atoms with Gasteiger partial charge in [0.05, 0.1) is 25.4 Å². The van der Waals surface area contributed by atoms with Gasteiger partial charge in [-0.05, 0) is 64.2 Å². The minimum atomic E-state index is -0.843. The predicted molar refractivity (Wildman–Crippen MR) is 412 cm³/mol. The van der Waals surface area contributed by atoms with E-state index in [0.29, 0.717) is 19.4 Å². The number of carbonyl (C=O) groups is 2. The third-order valence-corrected chi connectivity index (χ3v) is 20.2. The number of ether oxygens (including phenoxy) is 1. The third kappa shape index (κ3) is 79.0. The van der Waals surface area contributed by atoms with Gasteiger partial charge in [-0.2, -0.15) is 0 Å². The van der Waals surface area contributed by atoms with Crippen molar-refractivity contribution in [3.8, 4) is 0 Å². The van der Waals surface area contributed by atoms with Crippen LogP contribution >= 0.6 is 0 Å². The van der Waals surface area contributed by atoms with Crippen LogP contribution in [0.4, 0.5) is 0 Å². The Morgan fingerprint density at radius 3 is 0.817 bits per heavy atom. The summed E-state index contributed by atoms with van der Waals surface area (Å²) < 4.78 is 5.52. The number of unbranched alkanes of at least 4 members (excludes halogenated alkanes) is 66. The van der Waals surface area contributed by atoms with E-state index in [-0.39, 0.29) is 18.5 Å². The number of amides is 1. The maximum absolute atomic E-state index is 12.5. The Kier molecular flexibility index (Phi) is 80.8. The highest BCUT2D eigenvalue weighted by atomic mass is 16.5. The van der Waals surface area contributed by atoms with Gasteiger partial charge in [-0.25, -0.2) is 0 Å². The topological polar surface area (TPSA) is 95.9 Å². The van der Waals surface area contributed by atoms with Gasteiger partial charge in [0.25, 0.3) is 0 Å². The summed E-state index contributed by atoms with van der Waals surface area (Å²) in [6.07, 6.45) is 109. The molecule has 0 aromatic carbocycles. The van der Waals surface area contributed by atoms with Gasteiger partial charge in [0.2, 0.25) is 5.91 Å². The van der Waals surface area contributed by atoms with Crippen LogP contribution in [-0.2, 0) is 14.3 Å². The van der Waals surface area contributed by atoms with Crippen LogP contribution in [0.3, 0.4) is 0 Å². The van der Waals surface area contributed by atoms with Crippen LogP contribution in [0.1, 0.15) is 483 Å². The van der Waals surface area contributed by atoms with Crippen molar-refractivity contribution in [2.45, 2.75) is 495 Å². The first kappa shape index (κ1) is 91.1. The van der Waals surface area contributed by atoms with Gasteiger partial charge < -0.3 is 20.3 Å². The largest absolute Gasteiger partial charge is 0.466 e. The number of aliphatic hydroxyl groups is 2. The SMILES string of the molecule is CCCCCCCCCCCCCCCCCCC/C=C/C(O)C(CO)NC(=O)CCCCCCCCCCCCCCCCCCC/C=C\C/C=C\CCCCCCCCCCCCCCCCCOC(=O)CCCCCCCCCCCCCCCCCCCC. The molecule has 550 valence electrons. The van der Waals surface area contributed by atoms with Crippen molar-refractivity contribution >= 4 is 11.9 Å². The molecule has 0 heterocycles. The van der Waals surface area contributed by atoms with Gasteiger partial charge in [0.1, 0.15) is 0 Å². The monoisotopic (exact) mass is 1310 g/mol. The van der Waals surface area contributed by atoms with Crippen molar-refractivity contribution in [2.75, 3.05) is 13.2 Å². The molecular formula is C87H167NO5. The molecule has 0 aliphatic carbocycles. The van der Waals surface area contributed by atoms with Gasteiger partial charge in [-0.1, -0.05) is 442 Å². The summed E-state index contributed by atoms with van der Waals surface area (Å²) in [5, 5.41) is 23.3. The van der Waals surface area contributed by atoms with E-state index in [4.69, 9.17) is 4.74 Å². The molecule has 0 aliphatic rings. The van der Waals surface area contributed by atoms with Crippen molar-refractivity contribution in [1.29, 1.82) is 0 Å². The van der Waals surface area contributed by atoms with E-state index in [1.165, 1.54) is 411 Å². The van der Waals surface area contributed by atoms with E-state index in [9.17, 15) is 19.8 Å². The molecule has 2 atom stereocenters. The van der Waals surface area contributed by atoms with Gasteiger partial charge in [0.15, 0.2) is 0 Å². The van der Waals surface area contributed by atoms with Crippen molar-refractivity contribution in [3.63, 3.8) is 0 Å². The highest BCUT2D eigenvalue weighted by Gasteiger charge is 2.18. The van der Waals surface area contributed by atoms with Gasteiger partial charge >= 0.3 is 5.97 Å². The second-order valence-electron chi connectivity index (χ2n) is 29.5. The van der Waals surface area contributed by atoms with Crippen LogP contribution in [0.5, 0.6) is 0 Å². The summed E-state index contributed by atoms with van der Waals surface area (Å²) >= 11 is 0. The Hall–Kier alpha value is -1.92. The molecular weight excluding hydrogens is 1140 g/mol. The Bertz CT molecular complexity index is 1510. The van der Waals surface area contributed by atoms with Crippen molar-refractivity contribution in [2.24, 2.45) is 0 Å². The van der Waals surface area contributed by atoms with Crippen LogP contribution in [0, 0.1) is 0 Å². The highest BCUT2D eigenvalue weighted by Crippen LogP contribution is 2.20. The van der Waals surface area contributed by atoms with Gasteiger partial charge in [0, 0.05) is 12.8 Å². The number of carbonyl (C=O) groups excluding carboxylic acids is 2. The van der Waals surface area contributed by atoms with E-state index >= 15 is 0 Å². The highest BCUT2D eigenvalue weighted by molar-refractivity contribution is 5.76. The average Bonchev–Trinajstić information content (AvgIpc) is 3.78. The number of nitrogens with one attached hydrogen (secondary N) is 1. The average molecular weight is 1310 g/mol. The summed E-state index contributed by atoms with van der Waals surface area (Å²) in [7, 11) is 0. The Morgan fingerprint density at radius 1 is 0.301 bits per heavy atom. The molecule has 0 aromatic heterocycles. The molecule has 0 aliphatic heterocycles. The van der Waals surface area contributed by atoms with E-state index < -0.39 is 12.1 Å². The van der Waals surface area contributed by atoms with Gasteiger partial charge in [-0.3, -0.25) is 9.59 Å². The van der Waals surface area contributed by atoms with Crippen LogP contribution in [0.2, 0.25) is 0 Å². The predicted octanol–water partition coefficient (Wildman–Crippen LogP) is 28.6. The van der Waals surface area contributed by atoms with E-state index in [2.05, 4.69) is 43.5 Å². The summed E-state index contributed by atoms with van der Waals surface area (Å²) in [5.41, 5.74) is 0. The lowest BCUT2D eigenvalue weighted by Gasteiger charge is -2.20. The first-order valence-corrected chi connectivity index (χ1v) is 42.8. The van der Waals surface area contributed by atoms with E-state index in [1.54, 1.807) is 6.08 Å². The zero-order valence-corrected chi connectivity index (χ0v) is 63.3. The Labute approximate surface area is 583 Å². The van der Waals surface area contributed by atoms with Crippen LogP contribution in [0.15, 0.2) is 36.5 Å². The first-order chi connectivity index (χ1) is 46.0. The van der Waals surface area contributed by atoms with Crippen LogP contribution < -0.4 is 5.32 Å². The Balaban J connectivity index is 3.35. The summed E-state index contributed by atoms with van der Waals surface area (Å²) in [4.78, 5) is 24.7. The minimum Gasteiger partial charge on any atom is -0.466 e. The molecule has 0 saturated heterocycles. The lowest BCUT2D eigenvalue weighted by atomic mass is 10.0. The molecule has 0 spiro atoms. The number of allylic oxidation sites excluding steroid dienone is 5. The molecule has 0 bridgehead atoms. The Morgan fingerprint density at radius 2 is 0.538 bits per heavy atom. The van der Waals surface area contributed by atoms with Crippen molar-refractivity contribution in [1.82, 2.24) is 5.32 Å². The second kappa shape index (κ2) is 82.5. The molecule has 6 heteroatoms. The number of rotatable bonds is 81. The lowest BCUT2D eigenvalue weighted by Crippen LogP contribution is -2.45. The summed E-state index contributed by atoms with van der Waals surface area (Å²) in [6.45, 7) is 4.96. The third-order valence-electron chi connectivity index (χ3n) is 20.2. The molecule has 0 fully saturated rings. The second-order valence-corrected chi connectivity index (χ2v) is 29.5. The van der Waals surface area contributed by atoms with Crippen LogP contribution in [-0.4, -0.2) is 47.4 Å². The zero-order valence-electron chi connectivity index (χ0n) is 63.3. The number of hydrogen-bond donors (Lipinski definition) is 3. The summed E-state index contributed by atoms with van der Waals surface area (Å²) in [5.74, 6) is -0.0351. The normalized spacial score (nSPS) is 12.6.